The summed E-state index contributed by atoms with van der Waals surface area (Å²) in [4.78, 5) is 34.7. The fraction of sp³-hybridized carbons (Fsp3) is 0.191. The molecule has 0 bridgehead atoms. The van der Waals surface area contributed by atoms with Crippen molar-refractivity contribution in [2.24, 2.45) is 0 Å². The molecule has 2 amide bonds. The number of benzene rings is 6. The molecule has 4 N–H and O–H groups in total. The lowest BCUT2D eigenvalue weighted by Crippen LogP contribution is -2.57. The molecule has 1 saturated heterocycles. The number of amides is 2. The zero-order chi connectivity index (χ0) is 38.5. The Morgan fingerprint density at radius 2 is 1.11 bits per heavy atom. The van der Waals surface area contributed by atoms with Crippen LogP contribution in [0.15, 0.2) is 133 Å². The van der Waals surface area contributed by atoms with Gasteiger partial charge in [-0.3, -0.25) is 14.9 Å². The minimum absolute atomic E-state index is 0.0784. The Hall–Kier alpha value is -6.14. The number of ether oxygens (including phenoxy) is 4. The second-order valence-corrected chi connectivity index (χ2v) is 14.7. The van der Waals surface area contributed by atoms with Gasteiger partial charge in [-0.1, -0.05) is 121 Å². The average molecular weight is 758 g/mol. The van der Waals surface area contributed by atoms with Crippen LogP contribution in [0.25, 0.3) is 43.6 Å². The average Bonchev–Trinajstić information content (AvgIpc) is 3.92. The molecule has 8 aromatic rings. The van der Waals surface area contributed by atoms with Crippen LogP contribution in [0.3, 0.4) is 0 Å². The van der Waals surface area contributed by atoms with Crippen LogP contribution in [0.2, 0.25) is 0 Å². The summed E-state index contributed by atoms with van der Waals surface area (Å²) in [6.45, 7) is 0.859. The number of para-hydroxylation sites is 1. The molecule has 4 heterocycles. The molecule has 0 saturated carbocycles. The Bertz CT molecular complexity index is 2760. The van der Waals surface area contributed by atoms with E-state index in [0.717, 1.165) is 49.6 Å². The monoisotopic (exact) mass is 757 g/mol. The minimum atomic E-state index is -1.12. The standard InChI is InChI=1S/C47H39N3O7/c51-42-34(26-54-23-27-13-4-1-5-14-27)57-43(45(56-25-29-17-8-3-9-18-29)44(42)55-24-28-15-6-2-7-16-28)31-20-12-22-33-35(31)37-39-38(46(52)50-47(39)53)36-30-19-10-11-21-32(30)48-40(36)41(37)49-33/h1-22,34,42-45,48-49,51H,23-26H2,(H,50,52,53)/t34-,42+,43+,44+,45+/m1/s1. The van der Waals surface area contributed by atoms with Gasteiger partial charge in [-0.25, -0.2) is 0 Å². The second kappa shape index (κ2) is 14.7. The second-order valence-electron chi connectivity index (χ2n) is 14.7. The third kappa shape index (κ3) is 6.28. The molecule has 284 valence electrons. The maximum absolute atomic E-state index is 13.9. The van der Waals surface area contributed by atoms with Gasteiger partial charge in [-0.15, -0.1) is 0 Å². The maximum atomic E-state index is 13.9. The Kier molecular flexibility index (Phi) is 9.13. The van der Waals surface area contributed by atoms with Gasteiger partial charge in [-0.05, 0) is 34.4 Å². The summed E-state index contributed by atoms with van der Waals surface area (Å²) in [5.41, 5.74) is 7.27. The number of carbonyl (C=O) groups is 2. The Labute approximate surface area is 327 Å². The quantitative estimate of drug-likeness (QED) is 0.0982. The number of fused-ring (bicyclic) bond motifs is 10. The molecule has 1 fully saturated rings. The van der Waals surface area contributed by atoms with Gasteiger partial charge in [0.05, 0.1) is 48.6 Å². The van der Waals surface area contributed by atoms with E-state index in [9.17, 15) is 14.7 Å². The van der Waals surface area contributed by atoms with E-state index in [-0.39, 0.29) is 19.8 Å². The van der Waals surface area contributed by atoms with Gasteiger partial charge in [0.25, 0.3) is 11.8 Å². The molecule has 0 spiro atoms. The Morgan fingerprint density at radius 3 is 1.79 bits per heavy atom. The highest BCUT2D eigenvalue weighted by atomic mass is 16.6. The third-order valence-corrected chi connectivity index (χ3v) is 11.2. The molecule has 57 heavy (non-hydrogen) atoms. The van der Waals surface area contributed by atoms with E-state index in [2.05, 4.69) is 15.3 Å². The van der Waals surface area contributed by atoms with Gasteiger partial charge in [-0.2, -0.15) is 0 Å². The Morgan fingerprint density at radius 1 is 0.561 bits per heavy atom. The molecule has 10 heteroatoms. The van der Waals surface area contributed by atoms with Gasteiger partial charge in [0.1, 0.15) is 30.5 Å². The smallest absolute Gasteiger partial charge is 0.259 e. The number of hydrogen-bond donors (Lipinski definition) is 4. The van der Waals surface area contributed by atoms with E-state index >= 15 is 0 Å². The summed E-state index contributed by atoms with van der Waals surface area (Å²) < 4.78 is 26.7. The van der Waals surface area contributed by atoms with Crippen LogP contribution in [0.1, 0.15) is 49.1 Å². The largest absolute Gasteiger partial charge is 0.387 e. The van der Waals surface area contributed by atoms with Crippen LogP contribution in [0.4, 0.5) is 0 Å². The van der Waals surface area contributed by atoms with Gasteiger partial charge < -0.3 is 34.0 Å². The van der Waals surface area contributed by atoms with Crippen LogP contribution in [0.5, 0.6) is 0 Å². The van der Waals surface area contributed by atoms with Crippen molar-refractivity contribution in [2.45, 2.75) is 50.3 Å². The van der Waals surface area contributed by atoms with Crippen LogP contribution in [0, 0.1) is 0 Å². The first-order chi connectivity index (χ1) is 28.0. The molecule has 6 aromatic carbocycles. The summed E-state index contributed by atoms with van der Waals surface area (Å²) >= 11 is 0. The third-order valence-electron chi connectivity index (χ3n) is 11.2. The van der Waals surface area contributed by atoms with E-state index in [1.807, 2.05) is 133 Å². The number of carbonyl (C=O) groups excluding carboxylic acids is 2. The molecule has 10 rings (SSSR count). The molecule has 2 aliphatic rings. The van der Waals surface area contributed by atoms with E-state index in [4.69, 9.17) is 18.9 Å². The first kappa shape index (κ1) is 35.3. The molecule has 0 radical (unpaired) electrons. The fourth-order valence-corrected chi connectivity index (χ4v) is 8.56. The highest BCUT2D eigenvalue weighted by Crippen LogP contribution is 2.46. The molecule has 0 aliphatic carbocycles. The number of imide groups is 1. The number of aliphatic hydroxyl groups excluding tert-OH is 1. The van der Waals surface area contributed by atoms with Crippen molar-refractivity contribution in [3.63, 3.8) is 0 Å². The SMILES string of the molecule is O=C1NC(=O)c2c1c1c3ccccc3[nH]c1c1[nH]c3cccc([C@@H]4O[C@H](COCc5ccccc5)[C@H](O)[C@H](OCc5ccccc5)[C@H]4OCc4ccccc4)c3c21. The normalized spacial score (nSPS) is 20.8. The number of H-pyrrole nitrogens is 2. The predicted octanol–water partition coefficient (Wildman–Crippen LogP) is 8.03. The van der Waals surface area contributed by atoms with Crippen molar-refractivity contribution in [3.8, 4) is 0 Å². The van der Waals surface area contributed by atoms with Crippen molar-refractivity contribution >= 4 is 55.4 Å². The van der Waals surface area contributed by atoms with Crippen LogP contribution in [-0.2, 0) is 38.8 Å². The number of aliphatic hydroxyl groups is 1. The number of aromatic nitrogens is 2. The highest BCUT2D eigenvalue weighted by molar-refractivity contribution is 6.39. The zero-order valence-electron chi connectivity index (χ0n) is 30.8. The number of nitrogens with one attached hydrogen (secondary N) is 3. The maximum Gasteiger partial charge on any atom is 0.259 e. The Balaban J connectivity index is 1.14. The molecule has 10 nitrogen and oxygen atoms in total. The summed E-state index contributed by atoms with van der Waals surface area (Å²) in [6, 6.07) is 43.1. The minimum Gasteiger partial charge on any atom is -0.387 e. The highest BCUT2D eigenvalue weighted by Gasteiger charge is 2.48. The summed E-state index contributed by atoms with van der Waals surface area (Å²) in [7, 11) is 0. The van der Waals surface area contributed by atoms with Crippen molar-refractivity contribution in [1.82, 2.24) is 15.3 Å². The van der Waals surface area contributed by atoms with E-state index in [1.54, 1.807) is 0 Å². The van der Waals surface area contributed by atoms with Gasteiger partial charge >= 0.3 is 0 Å². The first-order valence-corrected chi connectivity index (χ1v) is 19.2. The summed E-state index contributed by atoms with van der Waals surface area (Å²) in [6.07, 6.45) is -4.41. The molecule has 2 aliphatic heterocycles. The lowest BCUT2D eigenvalue weighted by Gasteiger charge is -2.45. The summed E-state index contributed by atoms with van der Waals surface area (Å²) in [5.74, 6) is -0.902. The van der Waals surface area contributed by atoms with Crippen molar-refractivity contribution in [2.75, 3.05) is 6.61 Å². The lowest BCUT2D eigenvalue weighted by atomic mass is 9.87. The molecule has 0 unspecified atom stereocenters. The predicted molar refractivity (Wildman–Crippen MR) is 217 cm³/mol. The van der Waals surface area contributed by atoms with E-state index < -0.39 is 42.3 Å². The summed E-state index contributed by atoms with van der Waals surface area (Å²) in [5, 5.41) is 17.6. The molecular formula is C47H39N3O7. The fourth-order valence-electron chi connectivity index (χ4n) is 8.56. The van der Waals surface area contributed by atoms with E-state index in [0.29, 0.717) is 34.0 Å². The van der Waals surface area contributed by atoms with Crippen LogP contribution < -0.4 is 5.32 Å². The van der Waals surface area contributed by atoms with Crippen LogP contribution >= 0.6 is 0 Å². The van der Waals surface area contributed by atoms with Crippen molar-refractivity contribution in [1.29, 1.82) is 0 Å². The molecular weight excluding hydrogens is 719 g/mol. The van der Waals surface area contributed by atoms with Crippen molar-refractivity contribution in [3.05, 3.63) is 167 Å². The number of rotatable bonds is 11. The zero-order valence-corrected chi connectivity index (χ0v) is 30.8. The lowest BCUT2D eigenvalue weighted by molar-refractivity contribution is -0.262. The molecule has 2 aromatic heterocycles. The van der Waals surface area contributed by atoms with Crippen LogP contribution in [-0.4, -0.2) is 57.9 Å². The van der Waals surface area contributed by atoms with Gasteiger partial charge in [0.2, 0.25) is 0 Å². The number of hydrogen-bond acceptors (Lipinski definition) is 7. The van der Waals surface area contributed by atoms with Crippen molar-refractivity contribution < 1.29 is 33.6 Å². The van der Waals surface area contributed by atoms with Gasteiger partial charge in [0.15, 0.2) is 0 Å². The first-order valence-electron chi connectivity index (χ1n) is 19.2. The number of aromatic amines is 2. The van der Waals surface area contributed by atoms with Gasteiger partial charge in [0, 0.05) is 32.6 Å². The van der Waals surface area contributed by atoms with E-state index in [1.165, 1.54) is 0 Å². The topological polar surface area (TPSA) is 135 Å². The molecule has 5 atom stereocenters.